The van der Waals surface area contributed by atoms with Crippen molar-refractivity contribution in [3.63, 3.8) is 0 Å². The van der Waals surface area contributed by atoms with Gasteiger partial charge in [-0.3, -0.25) is 0 Å². The molecule has 0 amide bonds. The first-order valence-electron chi connectivity index (χ1n) is 7.24. The van der Waals surface area contributed by atoms with E-state index in [4.69, 9.17) is 9.97 Å². The van der Waals surface area contributed by atoms with Crippen LogP contribution in [0.3, 0.4) is 0 Å². The standard InChI is InChI=1S/C15H23N3/c1-11-9-13(12-5-3-6-12)18-14(17-11)15(10-16-2)7-4-8-15/h9,12,16H,3-8,10H2,1-2H3. The van der Waals surface area contributed by atoms with Crippen molar-refractivity contribution in [3.8, 4) is 0 Å². The first-order chi connectivity index (χ1) is 8.73. The van der Waals surface area contributed by atoms with Crippen molar-refractivity contribution in [3.05, 3.63) is 23.3 Å². The van der Waals surface area contributed by atoms with Crippen LogP contribution < -0.4 is 5.32 Å². The van der Waals surface area contributed by atoms with E-state index in [1.165, 1.54) is 44.2 Å². The topological polar surface area (TPSA) is 37.8 Å². The predicted octanol–water partition coefficient (Wildman–Crippen LogP) is 2.69. The summed E-state index contributed by atoms with van der Waals surface area (Å²) in [5.74, 6) is 1.81. The van der Waals surface area contributed by atoms with Gasteiger partial charge in [-0.25, -0.2) is 9.97 Å². The number of nitrogens with one attached hydrogen (secondary N) is 1. The molecule has 98 valence electrons. The Kier molecular flexibility index (Phi) is 3.10. The van der Waals surface area contributed by atoms with Gasteiger partial charge in [-0.1, -0.05) is 12.8 Å². The monoisotopic (exact) mass is 245 g/mol. The van der Waals surface area contributed by atoms with E-state index in [2.05, 4.69) is 18.3 Å². The molecule has 0 aliphatic heterocycles. The summed E-state index contributed by atoms with van der Waals surface area (Å²) in [4.78, 5) is 9.65. The Balaban J connectivity index is 1.92. The number of nitrogens with zero attached hydrogens (tertiary/aromatic N) is 2. The van der Waals surface area contributed by atoms with Crippen LogP contribution in [0.2, 0.25) is 0 Å². The van der Waals surface area contributed by atoms with Gasteiger partial charge in [-0.15, -0.1) is 0 Å². The molecule has 0 saturated heterocycles. The zero-order valence-electron chi connectivity index (χ0n) is 11.5. The highest BCUT2D eigenvalue weighted by molar-refractivity contribution is 5.22. The van der Waals surface area contributed by atoms with Crippen molar-refractivity contribution in [2.75, 3.05) is 13.6 Å². The summed E-state index contributed by atoms with van der Waals surface area (Å²) in [5, 5.41) is 3.33. The van der Waals surface area contributed by atoms with Crippen LogP contribution in [-0.4, -0.2) is 23.6 Å². The predicted molar refractivity (Wildman–Crippen MR) is 72.8 cm³/mol. The lowest BCUT2D eigenvalue weighted by molar-refractivity contribution is 0.222. The van der Waals surface area contributed by atoms with Crippen molar-refractivity contribution in [2.45, 2.75) is 56.8 Å². The molecule has 18 heavy (non-hydrogen) atoms. The molecule has 1 N–H and O–H groups in total. The highest BCUT2D eigenvalue weighted by Gasteiger charge is 2.41. The van der Waals surface area contributed by atoms with Crippen LogP contribution in [0.5, 0.6) is 0 Å². The van der Waals surface area contributed by atoms with Crippen molar-refractivity contribution in [1.82, 2.24) is 15.3 Å². The molecule has 3 nitrogen and oxygen atoms in total. The van der Waals surface area contributed by atoms with Gasteiger partial charge in [-0.05, 0) is 45.7 Å². The SMILES string of the molecule is CNCC1(c2nc(C)cc(C3CCC3)n2)CCC1. The molecule has 2 aliphatic rings. The summed E-state index contributed by atoms with van der Waals surface area (Å²) in [5.41, 5.74) is 2.66. The second-order valence-electron chi connectivity index (χ2n) is 6.05. The van der Waals surface area contributed by atoms with Crippen molar-refractivity contribution < 1.29 is 0 Å². The number of hydrogen-bond acceptors (Lipinski definition) is 3. The lowest BCUT2D eigenvalue weighted by atomic mass is 9.68. The Labute approximate surface area is 109 Å². The minimum atomic E-state index is 0.221. The number of aryl methyl sites for hydroxylation is 1. The third-order valence-electron chi connectivity index (χ3n) is 4.70. The van der Waals surface area contributed by atoms with Crippen LogP contribution in [0.25, 0.3) is 0 Å². The molecule has 1 heterocycles. The number of hydrogen-bond donors (Lipinski definition) is 1. The van der Waals surface area contributed by atoms with Gasteiger partial charge in [0.1, 0.15) is 5.82 Å². The van der Waals surface area contributed by atoms with Crippen molar-refractivity contribution in [2.24, 2.45) is 0 Å². The number of likely N-dealkylation sites (N-methyl/N-ethyl adjacent to an activating group) is 1. The third-order valence-corrected chi connectivity index (χ3v) is 4.70. The lowest BCUT2D eigenvalue weighted by Gasteiger charge is -2.41. The van der Waals surface area contributed by atoms with E-state index in [1.807, 2.05) is 7.05 Å². The fraction of sp³-hybridized carbons (Fsp3) is 0.733. The fourth-order valence-corrected chi connectivity index (χ4v) is 3.16. The normalized spacial score (nSPS) is 22.3. The van der Waals surface area contributed by atoms with E-state index >= 15 is 0 Å². The second kappa shape index (κ2) is 4.61. The lowest BCUT2D eigenvalue weighted by Crippen LogP contribution is -2.44. The number of aromatic nitrogens is 2. The largest absolute Gasteiger partial charge is 0.319 e. The van der Waals surface area contributed by atoms with E-state index in [0.29, 0.717) is 5.92 Å². The molecule has 3 heteroatoms. The average Bonchev–Trinajstić information content (AvgIpc) is 2.20. The fourth-order valence-electron chi connectivity index (χ4n) is 3.16. The Morgan fingerprint density at radius 2 is 2.06 bits per heavy atom. The van der Waals surface area contributed by atoms with Gasteiger partial charge in [0.05, 0.1) is 0 Å². The first kappa shape index (κ1) is 12.1. The highest BCUT2D eigenvalue weighted by atomic mass is 15.0. The first-order valence-corrected chi connectivity index (χ1v) is 7.24. The Morgan fingerprint density at radius 1 is 1.28 bits per heavy atom. The zero-order chi connectivity index (χ0) is 12.6. The molecule has 3 rings (SSSR count). The van der Waals surface area contributed by atoms with Gasteiger partial charge in [0, 0.05) is 29.3 Å². The van der Waals surface area contributed by atoms with Crippen LogP contribution in [-0.2, 0) is 5.41 Å². The van der Waals surface area contributed by atoms with Gasteiger partial charge in [0.25, 0.3) is 0 Å². The van der Waals surface area contributed by atoms with E-state index in [9.17, 15) is 0 Å². The molecule has 1 aromatic rings. The van der Waals surface area contributed by atoms with Crippen LogP contribution in [0.4, 0.5) is 0 Å². The van der Waals surface area contributed by atoms with Gasteiger partial charge in [-0.2, -0.15) is 0 Å². The highest BCUT2D eigenvalue weighted by Crippen LogP contribution is 2.43. The zero-order valence-corrected chi connectivity index (χ0v) is 11.5. The van der Waals surface area contributed by atoms with Crippen LogP contribution >= 0.6 is 0 Å². The van der Waals surface area contributed by atoms with Crippen molar-refractivity contribution in [1.29, 1.82) is 0 Å². The summed E-state index contributed by atoms with van der Waals surface area (Å²) in [6, 6.07) is 2.19. The van der Waals surface area contributed by atoms with E-state index in [1.54, 1.807) is 0 Å². The Bertz CT molecular complexity index is 433. The van der Waals surface area contributed by atoms with E-state index in [0.717, 1.165) is 18.1 Å². The molecule has 0 atom stereocenters. The minimum absolute atomic E-state index is 0.221. The molecule has 2 aliphatic carbocycles. The van der Waals surface area contributed by atoms with Gasteiger partial charge < -0.3 is 5.32 Å². The van der Waals surface area contributed by atoms with E-state index in [-0.39, 0.29) is 5.41 Å². The van der Waals surface area contributed by atoms with Gasteiger partial charge >= 0.3 is 0 Å². The molecule has 2 fully saturated rings. The molecular weight excluding hydrogens is 222 g/mol. The quantitative estimate of drug-likeness (QED) is 0.886. The third kappa shape index (κ3) is 1.95. The molecule has 0 aromatic carbocycles. The molecule has 0 bridgehead atoms. The maximum Gasteiger partial charge on any atom is 0.136 e. The average molecular weight is 245 g/mol. The maximum atomic E-state index is 4.92. The maximum absolute atomic E-state index is 4.92. The Hall–Kier alpha value is -0.960. The minimum Gasteiger partial charge on any atom is -0.319 e. The molecule has 2 saturated carbocycles. The van der Waals surface area contributed by atoms with Crippen molar-refractivity contribution >= 4 is 0 Å². The number of rotatable bonds is 4. The summed E-state index contributed by atoms with van der Waals surface area (Å²) in [7, 11) is 2.03. The molecular formula is C15H23N3. The smallest absolute Gasteiger partial charge is 0.136 e. The molecule has 0 spiro atoms. The summed E-state index contributed by atoms with van der Waals surface area (Å²) >= 11 is 0. The van der Waals surface area contributed by atoms with Crippen LogP contribution in [0.1, 0.15) is 61.7 Å². The summed E-state index contributed by atoms with van der Waals surface area (Å²) in [6.07, 6.45) is 7.79. The van der Waals surface area contributed by atoms with Gasteiger partial charge in [0.15, 0.2) is 0 Å². The van der Waals surface area contributed by atoms with Gasteiger partial charge in [0.2, 0.25) is 0 Å². The van der Waals surface area contributed by atoms with Crippen LogP contribution in [0, 0.1) is 6.92 Å². The molecule has 1 aromatic heterocycles. The summed E-state index contributed by atoms with van der Waals surface area (Å²) < 4.78 is 0. The Morgan fingerprint density at radius 3 is 2.56 bits per heavy atom. The van der Waals surface area contributed by atoms with E-state index < -0.39 is 0 Å². The summed E-state index contributed by atoms with van der Waals surface area (Å²) in [6.45, 7) is 3.12. The molecule has 0 unspecified atom stereocenters. The molecule has 0 radical (unpaired) electrons. The van der Waals surface area contributed by atoms with Crippen LogP contribution in [0.15, 0.2) is 6.07 Å². The second-order valence-corrected chi connectivity index (χ2v) is 6.05.